The molecule has 1 amide bonds. The van der Waals surface area contributed by atoms with Crippen LogP contribution >= 0.6 is 0 Å². The molecule has 0 saturated carbocycles. The van der Waals surface area contributed by atoms with Gasteiger partial charge in [-0.15, -0.1) is 0 Å². The molecule has 0 radical (unpaired) electrons. The van der Waals surface area contributed by atoms with E-state index in [1.54, 1.807) is 0 Å². The van der Waals surface area contributed by atoms with E-state index < -0.39 is 16.1 Å². The lowest BCUT2D eigenvalue weighted by molar-refractivity contribution is -0.126. The number of aryl methyl sites for hydroxylation is 1. The summed E-state index contributed by atoms with van der Waals surface area (Å²) in [5, 5.41) is 6.71. The van der Waals surface area contributed by atoms with Crippen molar-refractivity contribution in [2.75, 3.05) is 27.2 Å². The Kier molecular flexibility index (Phi) is 6.11. The Balaban J connectivity index is 1.58. The highest BCUT2D eigenvalue weighted by Gasteiger charge is 2.33. The summed E-state index contributed by atoms with van der Waals surface area (Å²) in [6, 6.07) is 7.74. The van der Waals surface area contributed by atoms with Crippen LogP contribution in [0, 0.1) is 12.8 Å². The molecule has 0 aliphatic carbocycles. The standard InChI is InChI=1S/C18H25N5O4S/c1-13-6-8-14(9-7-13)17-20-16(27-21-17)11-19-18(24)15-5-4-10-23(12-15)28(25,26)22(2)3/h6-9,15H,4-5,10-12H2,1-3H3,(H,19,24)/t15-/m1/s1. The zero-order valence-corrected chi connectivity index (χ0v) is 17.1. The van der Waals surface area contributed by atoms with Crippen LogP contribution in [0.15, 0.2) is 28.8 Å². The average Bonchev–Trinajstić information content (AvgIpc) is 3.15. The topological polar surface area (TPSA) is 109 Å². The molecular formula is C18H25N5O4S. The molecule has 1 fully saturated rings. The van der Waals surface area contributed by atoms with Crippen LogP contribution in [-0.4, -0.2) is 60.3 Å². The van der Waals surface area contributed by atoms with Gasteiger partial charge < -0.3 is 9.84 Å². The third kappa shape index (κ3) is 4.57. The van der Waals surface area contributed by atoms with Crippen molar-refractivity contribution in [2.45, 2.75) is 26.3 Å². The minimum Gasteiger partial charge on any atom is -0.347 e. The van der Waals surface area contributed by atoms with Crippen LogP contribution in [0.2, 0.25) is 0 Å². The molecule has 0 bridgehead atoms. The third-order valence-corrected chi connectivity index (χ3v) is 6.64. The first kappa shape index (κ1) is 20.4. The molecule has 28 heavy (non-hydrogen) atoms. The maximum Gasteiger partial charge on any atom is 0.281 e. The SMILES string of the molecule is Cc1ccc(-c2noc(CNC(=O)[C@@H]3CCCN(S(=O)(=O)N(C)C)C3)n2)cc1. The van der Waals surface area contributed by atoms with Gasteiger partial charge in [0.05, 0.1) is 12.5 Å². The highest BCUT2D eigenvalue weighted by atomic mass is 32.2. The number of aromatic nitrogens is 2. The van der Waals surface area contributed by atoms with Crippen molar-refractivity contribution in [3.63, 3.8) is 0 Å². The maximum atomic E-state index is 12.5. The Bertz CT molecular complexity index is 924. The van der Waals surface area contributed by atoms with Crippen molar-refractivity contribution >= 4 is 16.1 Å². The van der Waals surface area contributed by atoms with Gasteiger partial charge in [-0.05, 0) is 19.8 Å². The predicted octanol–water partition coefficient (Wildman–Crippen LogP) is 1.18. The van der Waals surface area contributed by atoms with Gasteiger partial charge in [-0.1, -0.05) is 35.0 Å². The summed E-state index contributed by atoms with van der Waals surface area (Å²) >= 11 is 0. The smallest absolute Gasteiger partial charge is 0.281 e. The van der Waals surface area contributed by atoms with Gasteiger partial charge in [-0.3, -0.25) is 4.79 Å². The number of carbonyl (C=O) groups excluding carboxylic acids is 1. The van der Waals surface area contributed by atoms with Gasteiger partial charge in [0.25, 0.3) is 10.2 Å². The van der Waals surface area contributed by atoms with Gasteiger partial charge >= 0.3 is 0 Å². The number of rotatable bonds is 6. The highest BCUT2D eigenvalue weighted by Crippen LogP contribution is 2.21. The lowest BCUT2D eigenvalue weighted by atomic mass is 9.99. The van der Waals surface area contributed by atoms with E-state index in [9.17, 15) is 13.2 Å². The fraction of sp³-hybridized carbons (Fsp3) is 0.500. The summed E-state index contributed by atoms with van der Waals surface area (Å²) in [6.45, 7) is 2.70. The molecule has 1 aliphatic heterocycles. The van der Waals surface area contributed by atoms with Crippen LogP contribution in [0.3, 0.4) is 0 Å². The largest absolute Gasteiger partial charge is 0.347 e. The van der Waals surface area contributed by atoms with Crippen LogP contribution in [0.25, 0.3) is 11.4 Å². The molecule has 3 rings (SSSR count). The van der Waals surface area contributed by atoms with E-state index in [-0.39, 0.29) is 19.0 Å². The Morgan fingerprint density at radius 1 is 1.32 bits per heavy atom. The molecule has 1 saturated heterocycles. The molecule has 1 atom stereocenters. The van der Waals surface area contributed by atoms with E-state index in [2.05, 4.69) is 15.5 Å². The molecule has 0 spiro atoms. The number of hydrogen-bond donors (Lipinski definition) is 1. The van der Waals surface area contributed by atoms with Crippen LogP contribution < -0.4 is 5.32 Å². The first-order valence-corrected chi connectivity index (χ1v) is 10.5. The van der Waals surface area contributed by atoms with Crippen LogP contribution in [0.5, 0.6) is 0 Å². The third-order valence-electron chi connectivity index (χ3n) is 4.73. The van der Waals surface area contributed by atoms with Gasteiger partial charge in [0.2, 0.25) is 17.6 Å². The number of carbonyl (C=O) groups is 1. The number of nitrogens with one attached hydrogen (secondary N) is 1. The maximum absolute atomic E-state index is 12.5. The fourth-order valence-electron chi connectivity index (χ4n) is 3.05. The second-order valence-corrected chi connectivity index (χ2v) is 9.23. The molecule has 0 unspecified atom stereocenters. The van der Waals surface area contributed by atoms with Crippen molar-refractivity contribution < 1.29 is 17.7 Å². The molecule has 2 aromatic rings. The van der Waals surface area contributed by atoms with E-state index in [1.807, 2.05) is 31.2 Å². The monoisotopic (exact) mass is 407 g/mol. The minimum atomic E-state index is -3.52. The summed E-state index contributed by atoms with van der Waals surface area (Å²) in [5.41, 5.74) is 1.97. The summed E-state index contributed by atoms with van der Waals surface area (Å²) < 4.78 is 32.3. The Labute approximate surface area is 164 Å². The van der Waals surface area contributed by atoms with Crippen LogP contribution in [-0.2, 0) is 21.5 Å². The zero-order valence-electron chi connectivity index (χ0n) is 16.3. The van der Waals surface area contributed by atoms with Crippen molar-refractivity contribution in [3.05, 3.63) is 35.7 Å². The van der Waals surface area contributed by atoms with Gasteiger partial charge in [-0.2, -0.15) is 22.0 Å². The molecule has 1 aromatic heterocycles. The van der Waals surface area contributed by atoms with Crippen molar-refractivity contribution in [3.8, 4) is 11.4 Å². The Hall–Kier alpha value is -2.30. The lowest BCUT2D eigenvalue weighted by Gasteiger charge is -2.32. The number of amides is 1. The summed E-state index contributed by atoms with van der Waals surface area (Å²) in [7, 11) is -0.545. The minimum absolute atomic E-state index is 0.106. The second kappa shape index (κ2) is 8.38. The zero-order chi connectivity index (χ0) is 20.3. The van der Waals surface area contributed by atoms with Gasteiger partial charge in [0, 0.05) is 32.7 Å². The van der Waals surface area contributed by atoms with E-state index in [0.717, 1.165) is 11.1 Å². The van der Waals surface area contributed by atoms with E-state index in [4.69, 9.17) is 4.52 Å². The molecule has 10 heteroatoms. The number of hydrogen-bond acceptors (Lipinski definition) is 6. The fourth-order valence-corrected chi connectivity index (χ4v) is 4.24. The van der Waals surface area contributed by atoms with Crippen LogP contribution in [0.1, 0.15) is 24.3 Å². The molecule has 9 nitrogen and oxygen atoms in total. The predicted molar refractivity (Wildman–Crippen MR) is 103 cm³/mol. The summed E-state index contributed by atoms with van der Waals surface area (Å²) in [6.07, 6.45) is 1.28. The summed E-state index contributed by atoms with van der Waals surface area (Å²) in [4.78, 5) is 16.8. The van der Waals surface area contributed by atoms with Gasteiger partial charge in [0.15, 0.2) is 0 Å². The Morgan fingerprint density at radius 2 is 2.04 bits per heavy atom. The Morgan fingerprint density at radius 3 is 2.71 bits per heavy atom. The molecule has 1 aliphatic rings. The van der Waals surface area contributed by atoms with Gasteiger partial charge in [0.1, 0.15) is 0 Å². The molecule has 2 heterocycles. The second-order valence-electron chi connectivity index (χ2n) is 7.08. The molecular weight excluding hydrogens is 382 g/mol. The van der Waals surface area contributed by atoms with Crippen molar-refractivity contribution in [2.24, 2.45) is 5.92 Å². The summed E-state index contributed by atoms with van der Waals surface area (Å²) in [5.74, 6) is 0.152. The van der Waals surface area contributed by atoms with E-state index >= 15 is 0 Å². The average molecular weight is 407 g/mol. The number of piperidine rings is 1. The quantitative estimate of drug-likeness (QED) is 0.770. The van der Waals surface area contributed by atoms with E-state index in [0.29, 0.717) is 31.1 Å². The van der Waals surface area contributed by atoms with Crippen molar-refractivity contribution in [1.82, 2.24) is 24.1 Å². The number of nitrogens with zero attached hydrogens (tertiary/aromatic N) is 4. The first-order chi connectivity index (χ1) is 13.3. The van der Waals surface area contributed by atoms with E-state index in [1.165, 1.54) is 22.7 Å². The normalized spacial score (nSPS) is 18.4. The van der Waals surface area contributed by atoms with Crippen LogP contribution in [0.4, 0.5) is 0 Å². The molecule has 152 valence electrons. The number of benzene rings is 1. The molecule has 1 aromatic carbocycles. The first-order valence-electron chi connectivity index (χ1n) is 9.12. The highest BCUT2D eigenvalue weighted by molar-refractivity contribution is 7.86. The lowest BCUT2D eigenvalue weighted by Crippen LogP contribution is -2.48. The molecule has 1 N–H and O–H groups in total. The van der Waals surface area contributed by atoms with Crippen molar-refractivity contribution in [1.29, 1.82) is 0 Å². The van der Waals surface area contributed by atoms with Gasteiger partial charge in [-0.25, -0.2) is 0 Å².